The summed E-state index contributed by atoms with van der Waals surface area (Å²) in [6, 6.07) is 20.3. The van der Waals surface area contributed by atoms with Gasteiger partial charge in [0.1, 0.15) is 11.5 Å². The third kappa shape index (κ3) is 2.40. The molecule has 1 heterocycles. The summed E-state index contributed by atoms with van der Waals surface area (Å²) in [7, 11) is 0. The summed E-state index contributed by atoms with van der Waals surface area (Å²) < 4.78 is 1.80. The maximum atomic E-state index is 9.67. The van der Waals surface area contributed by atoms with Crippen LogP contribution in [0.2, 0.25) is 0 Å². The zero-order valence-electron chi connectivity index (χ0n) is 12.2. The first kappa shape index (κ1) is 13.4. The molecule has 3 aromatic carbocycles. The van der Waals surface area contributed by atoms with E-state index in [2.05, 4.69) is 5.10 Å². The van der Waals surface area contributed by atoms with Crippen molar-refractivity contribution in [2.24, 2.45) is 0 Å². The average molecular weight is 302 g/mol. The molecule has 0 atom stereocenters. The van der Waals surface area contributed by atoms with Gasteiger partial charge in [0.25, 0.3) is 0 Å². The Morgan fingerprint density at radius 2 is 1.30 bits per heavy atom. The Morgan fingerprint density at radius 1 is 0.696 bits per heavy atom. The molecule has 0 radical (unpaired) electrons. The van der Waals surface area contributed by atoms with Crippen molar-refractivity contribution in [3.63, 3.8) is 0 Å². The highest BCUT2D eigenvalue weighted by Gasteiger charge is 2.06. The number of phenolic OH excluding ortho intramolecular Hbond substituents is 2. The first-order valence-electron chi connectivity index (χ1n) is 7.27. The van der Waals surface area contributed by atoms with Gasteiger partial charge in [0.05, 0.1) is 17.4 Å². The van der Waals surface area contributed by atoms with Gasteiger partial charge in [0.15, 0.2) is 0 Å². The standard InChI is InChI=1S/C19H14N2O2/c22-17-8-3-14(4-9-17)13-1-6-16(7-2-13)21-19-11-18(23)10-5-15(19)12-20-21/h1-12,22-23H. The number of aromatic hydroxyl groups is 2. The van der Waals surface area contributed by atoms with E-state index in [1.807, 2.05) is 42.5 Å². The van der Waals surface area contributed by atoms with E-state index in [9.17, 15) is 10.2 Å². The van der Waals surface area contributed by atoms with Crippen molar-refractivity contribution in [3.8, 4) is 28.3 Å². The number of hydrogen-bond donors (Lipinski definition) is 2. The molecule has 0 saturated heterocycles. The molecule has 112 valence electrons. The van der Waals surface area contributed by atoms with Gasteiger partial charge in [-0.05, 0) is 47.5 Å². The molecule has 0 spiro atoms. The fourth-order valence-electron chi connectivity index (χ4n) is 2.66. The Kier molecular flexibility index (Phi) is 3.01. The van der Waals surface area contributed by atoms with Crippen molar-refractivity contribution in [2.45, 2.75) is 0 Å². The summed E-state index contributed by atoms with van der Waals surface area (Å²) in [4.78, 5) is 0. The maximum absolute atomic E-state index is 9.67. The smallest absolute Gasteiger partial charge is 0.117 e. The van der Waals surface area contributed by atoms with Gasteiger partial charge < -0.3 is 10.2 Å². The number of fused-ring (bicyclic) bond motifs is 1. The molecule has 4 heteroatoms. The van der Waals surface area contributed by atoms with Crippen molar-refractivity contribution < 1.29 is 10.2 Å². The van der Waals surface area contributed by atoms with E-state index in [-0.39, 0.29) is 11.5 Å². The first-order chi connectivity index (χ1) is 11.2. The summed E-state index contributed by atoms with van der Waals surface area (Å²) in [6.45, 7) is 0. The van der Waals surface area contributed by atoms with Crippen LogP contribution in [0.3, 0.4) is 0 Å². The molecule has 0 aliphatic carbocycles. The molecule has 4 aromatic rings. The van der Waals surface area contributed by atoms with Crippen molar-refractivity contribution >= 4 is 10.9 Å². The molecule has 0 bridgehead atoms. The molecule has 1 aromatic heterocycles. The van der Waals surface area contributed by atoms with Crippen LogP contribution in [-0.2, 0) is 0 Å². The van der Waals surface area contributed by atoms with Gasteiger partial charge >= 0.3 is 0 Å². The minimum absolute atomic E-state index is 0.222. The zero-order chi connectivity index (χ0) is 15.8. The van der Waals surface area contributed by atoms with E-state index in [0.717, 1.165) is 27.7 Å². The second-order valence-corrected chi connectivity index (χ2v) is 5.39. The van der Waals surface area contributed by atoms with Crippen LogP contribution in [0.4, 0.5) is 0 Å². The van der Waals surface area contributed by atoms with E-state index >= 15 is 0 Å². The van der Waals surface area contributed by atoms with E-state index in [1.54, 1.807) is 35.1 Å². The van der Waals surface area contributed by atoms with Crippen molar-refractivity contribution in [1.29, 1.82) is 0 Å². The fourth-order valence-corrected chi connectivity index (χ4v) is 2.66. The van der Waals surface area contributed by atoms with Gasteiger partial charge in [-0.15, -0.1) is 0 Å². The third-order valence-electron chi connectivity index (χ3n) is 3.87. The summed E-state index contributed by atoms with van der Waals surface area (Å²) in [5.74, 6) is 0.480. The predicted octanol–water partition coefficient (Wildman–Crippen LogP) is 4.10. The largest absolute Gasteiger partial charge is 0.508 e. The average Bonchev–Trinajstić information content (AvgIpc) is 2.99. The minimum Gasteiger partial charge on any atom is -0.508 e. The Hall–Kier alpha value is -3.27. The molecule has 0 aliphatic heterocycles. The van der Waals surface area contributed by atoms with Crippen LogP contribution in [-0.4, -0.2) is 20.0 Å². The molecule has 0 saturated carbocycles. The van der Waals surface area contributed by atoms with Crippen molar-refractivity contribution in [1.82, 2.24) is 9.78 Å². The van der Waals surface area contributed by atoms with Crippen LogP contribution in [0, 0.1) is 0 Å². The summed E-state index contributed by atoms with van der Waals surface area (Å²) in [6.07, 6.45) is 1.78. The summed E-state index contributed by atoms with van der Waals surface area (Å²) >= 11 is 0. The van der Waals surface area contributed by atoms with Crippen LogP contribution in [0.25, 0.3) is 27.7 Å². The van der Waals surface area contributed by atoms with Gasteiger partial charge in [-0.25, -0.2) is 4.68 Å². The second-order valence-electron chi connectivity index (χ2n) is 5.39. The van der Waals surface area contributed by atoms with Crippen LogP contribution in [0.1, 0.15) is 0 Å². The lowest BCUT2D eigenvalue weighted by Crippen LogP contribution is -1.95. The topological polar surface area (TPSA) is 58.3 Å². The van der Waals surface area contributed by atoms with Crippen molar-refractivity contribution in [3.05, 3.63) is 72.9 Å². The molecule has 0 fully saturated rings. The molecular weight excluding hydrogens is 288 g/mol. The van der Waals surface area contributed by atoms with Gasteiger partial charge in [-0.1, -0.05) is 24.3 Å². The lowest BCUT2D eigenvalue weighted by molar-refractivity contribution is 0.475. The second kappa shape index (κ2) is 5.18. The van der Waals surface area contributed by atoms with Crippen LogP contribution < -0.4 is 0 Å². The SMILES string of the molecule is Oc1ccc(-c2ccc(-n3ncc4ccc(O)cc43)cc2)cc1. The highest BCUT2D eigenvalue weighted by molar-refractivity contribution is 5.81. The molecule has 4 rings (SSSR count). The number of benzene rings is 3. The van der Waals surface area contributed by atoms with E-state index < -0.39 is 0 Å². The molecule has 0 aliphatic rings. The summed E-state index contributed by atoms with van der Waals surface area (Å²) in [5, 5.41) is 24.4. The number of phenols is 2. The Labute approximate surface area is 132 Å². The Balaban J connectivity index is 1.75. The zero-order valence-corrected chi connectivity index (χ0v) is 12.2. The predicted molar refractivity (Wildman–Crippen MR) is 89.8 cm³/mol. The van der Waals surface area contributed by atoms with Gasteiger partial charge in [0, 0.05) is 11.5 Å². The molecular formula is C19H14N2O2. The van der Waals surface area contributed by atoms with Gasteiger partial charge in [-0.3, -0.25) is 0 Å². The van der Waals surface area contributed by atoms with E-state index in [1.165, 1.54) is 0 Å². The normalized spacial score (nSPS) is 11.0. The molecule has 23 heavy (non-hydrogen) atoms. The number of nitrogens with zero attached hydrogens (tertiary/aromatic N) is 2. The molecule has 2 N–H and O–H groups in total. The molecule has 0 unspecified atom stereocenters. The quantitative estimate of drug-likeness (QED) is 0.586. The maximum Gasteiger partial charge on any atom is 0.117 e. The van der Waals surface area contributed by atoms with Crippen LogP contribution in [0.15, 0.2) is 72.9 Å². The van der Waals surface area contributed by atoms with Gasteiger partial charge in [0.2, 0.25) is 0 Å². The highest BCUT2D eigenvalue weighted by Crippen LogP contribution is 2.26. The van der Waals surface area contributed by atoms with Crippen molar-refractivity contribution in [2.75, 3.05) is 0 Å². The lowest BCUT2D eigenvalue weighted by Gasteiger charge is -2.06. The summed E-state index contributed by atoms with van der Waals surface area (Å²) in [5.41, 5.74) is 3.89. The fraction of sp³-hybridized carbons (Fsp3) is 0. The number of hydrogen-bond acceptors (Lipinski definition) is 3. The molecule has 0 amide bonds. The van der Waals surface area contributed by atoms with Crippen LogP contribution >= 0.6 is 0 Å². The monoisotopic (exact) mass is 302 g/mol. The van der Waals surface area contributed by atoms with Gasteiger partial charge in [-0.2, -0.15) is 5.10 Å². The number of aromatic nitrogens is 2. The number of rotatable bonds is 2. The Bertz CT molecular complexity index is 971. The lowest BCUT2D eigenvalue weighted by atomic mass is 10.1. The Morgan fingerprint density at radius 3 is 2.00 bits per heavy atom. The van der Waals surface area contributed by atoms with E-state index in [0.29, 0.717) is 0 Å². The first-order valence-corrected chi connectivity index (χ1v) is 7.27. The highest BCUT2D eigenvalue weighted by atomic mass is 16.3. The third-order valence-corrected chi connectivity index (χ3v) is 3.87. The van der Waals surface area contributed by atoms with Crippen LogP contribution in [0.5, 0.6) is 11.5 Å². The van der Waals surface area contributed by atoms with E-state index in [4.69, 9.17) is 0 Å². The minimum atomic E-state index is 0.222. The molecule has 4 nitrogen and oxygen atoms in total.